The third kappa shape index (κ3) is 4.10. The zero-order chi connectivity index (χ0) is 12.8. The molecule has 1 aromatic rings. The summed E-state index contributed by atoms with van der Waals surface area (Å²) in [5.41, 5.74) is 1.64. The van der Waals surface area contributed by atoms with Crippen LogP contribution in [-0.2, 0) is 16.0 Å². The molecule has 0 amide bonds. The molecule has 0 aliphatic heterocycles. The molecule has 1 N–H and O–H groups in total. The first-order chi connectivity index (χ1) is 8.02. The normalized spacial score (nSPS) is 9.71. The van der Waals surface area contributed by atoms with Crippen molar-refractivity contribution in [3.05, 3.63) is 42.0 Å². The van der Waals surface area contributed by atoms with Gasteiger partial charge in [0.15, 0.2) is 0 Å². The highest BCUT2D eigenvalue weighted by Gasteiger charge is 2.09. The van der Waals surface area contributed by atoms with Gasteiger partial charge in [-0.15, -0.1) is 0 Å². The molecule has 4 nitrogen and oxygen atoms in total. The summed E-state index contributed by atoms with van der Waals surface area (Å²) < 4.78 is 5.06. The van der Waals surface area contributed by atoms with Crippen LogP contribution in [0.25, 0.3) is 0 Å². The number of rotatable bonds is 5. The summed E-state index contributed by atoms with van der Waals surface area (Å²) in [6.07, 6.45) is 1.40. The first-order valence-electron chi connectivity index (χ1n) is 5.18. The van der Waals surface area contributed by atoms with Gasteiger partial charge in [0.1, 0.15) is 5.75 Å². The van der Waals surface area contributed by atoms with Gasteiger partial charge >= 0.3 is 11.9 Å². The second-order valence-corrected chi connectivity index (χ2v) is 3.63. The van der Waals surface area contributed by atoms with E-state index in [0.717, 1.165) is 11.6 Å². The van der Waals surface area contributed by atoms with Gasteiger partial charge in [-0.3, -0.25) is 4.79 Å². The number of carbonyl (C=O) groups excluding carboxylic acids is 1. The van der Waals surface area contributed by atoms with Crippen molar-refractivity contribution in [1.82, 2.24) is 0 Å². The predicted molar refractivity (Wildman–Crippen MR) is 63.0 cm³/mol. The van der Waals surface area contributed by atoms with Crippen LogP contribution in [0, 0.1) is 6.92 Å². The highest BCUT2D eigenvalue weighted by Crippen LogP contribution is 2.22. The fourth-order valence-electron chi connectivity index (χ4n) is 1.35. The van der Waals surface area contributed by atoms with Crippen molar-refractivity contribution >= 4 is 11.9 Å². The predicted octanol–water partition coefficient (Wildman–Crippen LogP) is 2.10. The molecule has 0 heterocycles. The molecule has 0 saturated heterocycles. The van der Waals surface area contributed by atoms with Gasteiger partial charge in [-0.2, -0.15) is 0 Å². The Morgan fingerprint density at radius 3 is 2.76 bits per heavy atom. The molecule has 0 bridgehead atoms. The third-order valence-corrected chi connectivity index (χ3v) is 2.21. The number of carboxylic acid groups (broad SMARTS) is 1. The molecule has 0 unspecified atom stereocenters. The van der Waals surface area contributed by atoms with Crippen molar-refractivity contribution in [2.45, 2.75) is 19.8 Å². The lowest BCUT2D eigenvalue weighted by molar-refractivity contribution is -0.137. The molecule has 1 rings (SSSR count). The van der Waals surface area contributed by atoms with Crippen molar-refractivity contribution in [3.8, 4) is 5.75 Å². The zero-order valence-corrected chi connectivity index (χ0v) is 9.60. The Morgan fingerprint density at radius 1 is 1.47 bits per heavy atom. The number of carboxylic acids is 1. The quantitative estimate of drug-likeness (QED) is 0.481. The van der Waals surface area contributed by atoms with Crippen LogP contribution in [-0.4, -0.2) is 17.0 Å². The second kappa shape index (κ2) is 5.84. The second-order valence-electron chi connectivity index (χ2n) is 3.63. The Balaban J connectivity index is 2.90. The van der Waals surface area contributed by atoms with Crippen LogP contribution in [0.5, 0.6) is 5.75 Å². The number of esters is 1. The van der Waals surface area contributed by atoms with Crippen LogP contribution in [0.4, 0.5) is 0 Å². The molecule has 0 spiro atoms. The van der Waals surface area contributed by atoms with E-state index in [1.807, 2.05) is 13.0 Å². The highest BCUT2D eigenvalue weighted by atomic mass is 16.5. The number of hydrogen-bond acceptors (Lipinski definition) is 3. The lowest BCUT2D eigenvalue weighted by Gasteiger charge is -2.09. The van der Waals surface area contributed by atoms with E-state index < -0.39 is 11.9 Å². The van der Waals surface area contributed by atoms with Gasteiger partial charge in [0, 0.05) is 12.5 Å². The lowest BCUT2D eigenvalue weighted by Crippen LogP contribution is -2.07. The molecule has 0 aliphatic carbocycles. The number of carbonyl (C=O) groups is 2. The van der Waals surface area contributed by atoms with Crippen molar-refractivity contribution < 1.29 is 19.4 Å². The maximum Gasteiger partial charge on any atom is 0.335 e. The number of aliphatic carboxylic acids is 1. The van der Waals surface area contributed by atoms with Gasteiger partial charge < -0.3 is 9.84 Å². The fourth-order valence-corrected chi connectivity index (χ4v) is 1.35. The molecule has 0 aliphatic rings. The molecule has 0 aromatic heterocycles. The molecule has 90 valence electrons. The topological polar surface area (TPSA) is 63.6 Å². The van der Waals surface area contributed by atoms with E-state index in [-0.39, 0.29) is 6.42 Å². The SMILES string of the molecule is C=CC(=O)Oc1cc(C)ccc1CCC(=O)O. The van der Waals surface area contributed by atoms with Crippen LogP contribution < -0.4 is 4.74 Å². The van der Waals surface area contributed by atoms with E-state index in [9.17, 15) is 9.59 Å². The minimum absolute atomic E-state index is 0.00169. The molecule has 0 atom stereocenters. The summed E-state index contributed by atoms with van der Waals surface area (Å²) in [7, 11) is 0. The number of hydrogen-bond donors (Lipinski definition) is 1. The van der Waals surface area contributed by atoms with Crippen LogP contribution >= 0.6 is 0 Å². The minimum atomic E-state index is -0.883. The van der Waals surface area contributed by atoms with E-state index in [4.69, 9.17) is 9.84 Å². The first kappa shape index (κ1) is 13.0. The van der Waals surface area contributed by atoms with Gasteiger partial charge in [0.05, 0.1) is 0 Å². The summed E-state index contributed by atoms with van der Waals surface area (Å²) >= 11 is 0. The summed E-state index contributed by atoms with van der Waals surface area (Å²) in [5, 5.41) is 8.62. The highest BCUT2D eigenvalue weighted by molar-refractivity contribution is 5.83. The van der Waals surface area contributed by atoms with Crippen LogP contribution in [0.1, 0.15) is 17.5 Å². The Bertz CT molecular complexity index is 449. The zero-order valence-electron chi connectivity index (χ0n) is 9.60. The van der Waals surface area contributed by atoms with Crippen molar-refractivity contribution in [3.63, 3.8) is 0 Å². The lowest BCUT2D eigenvalue weighted by atomic mass is 10.1. The van der Waals surface area contributed by atoms with E-state index in [0.29, 0.717) is 17.7 Å². The molecular formula is C13H14O4. The van der Waals surface area contributed by atoms with Crippen molar-refractivity contribution in [1.29, 1.82) is 0 Å². The smallest absolute Gasteiger partial charge is 0.335 e. The van der Waals surface area contributed by atoms with Crippen molar-refractivity contribution in [2.24, 2.45) is 0 Å². The molecule has 0 radical (unpaired) electrons. The summed E-state index contributed by atoms with van der Waals surface area (Å²) in [4.78, 5) is 21.6. The average Bonchev–Trinajstić information content (AvgIpc) is 2.27. The Morgan fingerprint density at radius 2 is 2.18 bits per heavy atom. The monoisotopic (exact) mass is 234 g/mol. The van der Waals surface area contributed by atoms with Gasteiger partial charge in [0.2, 0.25) is 0 Å². The Hall–Kier alpha value is -2.10. The molecule has 1 aromatic carbocycles. The van der Waals surface area contributed by atoms with Crippen LogP contribution in [0.2, 0.25) is 0 Å². The van der Waals surface area contributed by atoms with E-state index in [2.05, 4.69) is 6.58 Å². The largest absolute Gasteiger partial charge is 0.481 e. The molecular weight excluding hydrogens is 220 g/mol. The van der Waals surface area contributed by atoms with E-state index in [1.165, 1.54) is 0 Å². The maximum absolute atomic E-state index is 11.1. The molecule has 0 saturated carbocycles. The van der Waals surface area contributed by atoms with Crippen molar-refractivity contribution in [2.75, 3.05) is 0 Å². The van der Waals surface area contributed by atoms with Crippen LogP contribution in [0.3, 0.4) is 0 Å². The Labute approximate surface area is 99.5 Å². The molecule has 4 heteroatoms. The summed E-state index contributed by atoms with van der Waals surface area (Å²) in [5.74, 6) is -1.03. The van der Waals surface area contributed by atoms with Gasteiger partial charge in [0.25, 0.3) is 0 Å². The Kier molecular flexibility index (Phi) is 4.46. The third-order valence-electron chi connectivity index (χ3n) is 2.21. The number of aryl methyl sites for hydroxylation is 2. The molecule has 17 heavy (non-hydrogen) atoms. The summed E-state index contributed by atoms with van der Waals surface area (Å²) in [6.45, 7) is 5.18. The minimum Gasteiger partial charge on any atom is -0.481 e. The number of benzene rings is 1. The van der Waals surface area contributed by atoms with Gasteiger partial charge in [-0.25, -0.2) is 4.79 Å². The average molecular weight is 234 g/mol. The maximum atomic E-state index is 11.1. The van der Waals surface area contributed by atoms with Crippen LogP contribution in [0.15, 0.2) is 30.9 Å². The number of ether oxygens (including phenoxy) is 1. The summed E-state index contributed by atoms with van der Waals surface area (Å²) in [6, 6.07) is 5.32. The first-order valence-corrected chi connectivity index (χ1v) is 5.18. The fraction of sp³-hybridized carbons (Fsp3) is 0.231. The molecule has 0 fully saturated rings. The van der Waals surface area contributed by atoms with Gasteiger partial charge in [-0.05, 0) is 30.5 Å². The van der Waals surface area contributed by atoms with E-state index >= 15 is 0 Å². The standard InChI is InChI=1S/C13H14O4/c1-3-13(16)17-11-8-9(2)4-5-10(11)6-7-12(14)15/h3-5,8H,1,6-7H2,2H3,(H,14,15). The van der Waals surface area contributed by atoms with Gasteiger partial charge in [-0.1, -0.05) is 18.7 Å². The van der Waals surface area contributed by atoms with E-state index in [1.54, 1.807) is 12.1 Å².